The molecule has 25 heavy (non-hydrogen) atoms. The number of carbonyl (C=O) groups excluding carboxylic acids is 1. The van der Waals surface area contributed by atoms with Crippen LogP contribution < -0.4 is 5.73 Å². The summed E-state index contributed by atoms with van der Waals surface area (Å²) in [4.78, 5) is 14.6. The standard InChI is InChI=1S/C22H30N2O/c1-14(15-5-6-15)24-11-10-22-9-3-2-4-18(22)20(24)13-16-7-8-17(21(23)25)12-19(16)22/h7-8,12,14-15,18,20H,2-6,9-11,13H2,1H3,(H2,23,25)/t14-,18+,20-,22+/m1/s1. The van der Waals surface area contributed by atoms with Gasteiger partial charge in [0.05, 0.1) is 0 Å². The van der Waals surface area contributed by atoms with Crippen molar-refractivity contribution in [2.24, 2.45) is 17.6 Å². The van der Waals surface area contributed by atoms with Gasteiger partial charge in [-0.1, -0.05) is 18.9 Å². The third-order valence-corrected chi connectivity index (χ3v) is 7.99. The Hall–Kier alpha value is -1.35. The van der Waals surface area contributed by atoms with Crippen LogP contribution in [0, 0.1) is 11.8 Å². The van der Waals surface area contributed by atoms with E-state index >= 15 is 0 Å². The Morgan fingerprint density at radius 3 is 2.84 bits per heavy atom. The third-order valence-electron chi connectivity index (χ3n) is 7.99. The zero-order valence-electron chi connectivity index (χ0n) is 15.3. The zero-order valence-corrected chi connectivity index (χ0v) is 15.3. The molecule has 1 aromatic carbocycles. The summed E-state index contributed by atoms with van der Waals surface area (Å²) < 4.78 is 0. The minimum atomic E-state index is -0.284. The van der Waals surface area contributed by atoms with E-state index in [1.807, 2.05) is 6.07 Å². The van der Waals surface area contributed by atoms with E-state index in [0.29, 0.717) is 17.0 Å². The molecule has 0 unspecified atom stereocenters. The lowest BCUT2D eigenvalue weighted by atomic mass is 9.52. The molecule has 3 nitrogen and oxygen atoms in total. The molecule has 1 saturated heterocycles. The number of fused-ring (bicyclic) bond motifs is 1. The third kappa shape index (κ3) is 2.31. The van der Waals surface area contributed by atoms with Crippen molar-refractivity contribution in [2.75, 3.05) is 6.54 Å². The monoisotopic (exact) mass is 338 g/mol. The fraction of sp³-hybridized carbons (Fsp3) is 0.682. The summed E-state index contributed by atoms with van der Waals surface area (Å²) in [6.45, 7) is 3.71. The highest BCUT2D eigenvalue weighted by molar-refractivity contribution is 5.93. The molecular weight excluding hydrogens is 308 g/mol. The van der Waals surface area contributed by atoms with Crippen molar-refractivity contribution in [3.05, 3.63) is 34.9 Å². The number of piperidine rings is 1. The molecule has 5 rings (SSSR count). The molecule has 1 aliphatic heterocycles. The van der Waals surface area contributed by atoms with Crippen molar-refractivity contribution in [2.45, 2.75) is 75.8 Å². The predicted molar refractivity (Wildman–Crippen MR) is 99.6 cm³/mol. The summed E-state index contributed by atoms with van der Waals surface area (Å²) >= 11 is 0. The minimum absolute atomic E-state index is 0.284. The van der Waals surface area contributed by atoms with Crippen LogP contribution in [0.4, 0.5) is 0 Å². The van der Waals surface area contributed by atoms with Crippen molar-refractivity contribution < 1.29 is 4.79 Å². The smallest absolute Gasteiger partial charge is 0.248 e. The van der Waals surface area contributed by atoms with Gasteiger partial charge in [0.15, 0.2) is 0 Å². The second-order valence-corrected chi connectivity index (χ2v) is 9.08. The molecule has 134 valence electrons. The maximum atomic E-state index is 11.8. The van der Waals surface area contributed by atoms with Crippen LogP contribution in [0.1, 0.15) is 73.4 Å². The fourth-order valence-corrected chi connectivity index (χ4v) is 6.54. The van der Waals surface area contributed by atoms with Gasteiger partial charge in [0.25, 0.3) is 0 Å². The van der Waals surface area contributed by atoms with Gasteiger partial charge in [-0.15, -0.1) is 0 Å². The summed E-state index contributed by atoms with van der Waals surface area (Å²) in [6, 6.07) is 7.77. The molecular formula is C22H30N2O. The largest absolute Gasteiger partial charge is 0.366 e. The van der Waals surface area contributed by atoms with Crippen LogP contribution in [0.3, 0.4) is 0 Å². The number of rotatable bonds is 3. The molecule has 2 N–H and O–H groups in total. The molecule has 0 aromatic heterocycles. The van der Waals surface area contributed by atoms with Gasteiger partial charge in [-0.2, -0.15) is 0 Å². The number of nitrogens with zero attached hydrogens (tertiary/aromatic N) is 1. The number of nitrogens with two attached hydrogens (primary N) is 1. The van der Waals surface area contributed by atoms with Gasteiger partial charge in [-0.3, -0.25) is 9.69 Å². The van der Waals surface area contributed by atoms with Gasteiger partial charge in [0, 0.05) is 23.1 Å². The first-order chi connectivity index (χ1) is 12.1. The number of primary amides is 1. The molecule has 0 radical (unpaired) electrons. The van der Waals surface area contributed by atoms with Crippen molar-refractivity contribution in [3.63, 3.8) is 0 Å². The van der Waals surface area contributed by atoms with Gasteiger partial charge >= 0.3 is 0 Å². The topological polar surface area (TPSA) is 46.3 Å². The Morgan fingerprint density at radius 2 is 2.08 bits per heavy atom. The number of likely N-dealkylation sites (tertiary alicyclic amines) is 1. The Bertz CT molecular complexity index is 710. The normalized spacial score (nSPS) is 35.6. The van der Waals surface area contributed by atoms with Crippen LogP contribution in [0.2, 0.25) is 0 Å². The summed E-state index contributed by atoms with van der Waals surface area (Å²) in [6.07, 6.45) is 10.7. The number of hydrogen-bond donors (Lipinski definition) is 1. The van der Waals surface area contributed by atoms with E-state index < -0.39 is 0 Å². The van der Waals surface area contributed by atoms with E-state index in [1.165, 1.54) is 62.6 Å². The Labute approximate surface area is 151 Å². The molecule has 2 saturated carbocycles. The summed E-state index contributed by atoms with van der Waals surface area (Å²) in [5.74, 6) is 1.43. The average Bonchev–Trinajstić information content (AvgIpc) is 3.46. The van der Waals surface area contributed by atoms with Crippen LogP contribution in [0.15, 0.2) is 18.2 Å². The predicted octanol–water partition coefficient (Wildman–Crippen LogP) is 3.64. The fourth-order valence-electron chi connectivity index (χ4n) is 6.54. The van der Waals surface area contributed by atoms with Gasteiger partial charge < -0.3 is 5.73 Å². The molecule has 0 spiro atoms. The van der Waals surface area contributed by atoms with Crippen LogP contribution in [-0.2, 0) is 11.8 Å². The van der Waals surface area contributed by atoms with Crippen molar-refractivity contribution in [1.82, 2.24) is 4.90 Å². The Morgan fingerprint density at radius 1 is 1.24 bits per heavy atom. The molecule has 4 aliphatic rings. The second-order valence-electron chi connectivity index (χ2n) is 9.08. The van der Waals surface area contributed by atoms with E-state index in [-0.39, 0.29) is 5.91 Å². The lowest BCUT2D eigenvalue weighted by Gasteiger charge is -2.60. The summed E-state index contributed by atoms with van der Waals surface area (Å²) in [5, 5.41) is 0. The molecule has 1 heterocycles. The van der Waals surface area contributed by atoms with E-state index in [0.717, 1.165) is 24.3 Å². The Balaban J connectivity index is 1.59. The van der Waals surface area contributed by atoms with E-state index in [9.17, 15) is 4.79 Å². The first-order valence-corrected chi connectivity index (χ1v) is 10.3. The van der Waals surface area contributed by atoms with Crippen molar-refractivity contribution in [3.8, 4) is 0 Å². The zero-order chi connectivity index (χ0) is 17.2. The molecule has 2 bridgehead atoms. The van der Waals surface area contributed by atoms with Gasteiger partial charge in [-0.05, 0) is 87.1 Å². The van der Waals surface area contributed by atoms with Crippen LogP contribution >= 0.6 is 0 Å². The summed E-state index contributed by atoms with van der Waals surface area (Å²) in [5.41, 5.74) is 9.56. The average molecular weight is 338 g/mol. The van der Waals surface area contributed by atoms with E-state index in [1.54, 1.807) is 0 Å². The highest BCUT2D eigenvalue weighted by Gasteiger charge is 2.55. The van der Waals surface area contributed by atoms with Crippen molar-refractivity contribution >= 4 is 5.91 Å². The lowest BCUT2D eigenvalue weighted by molar-refractivity contribution is -0.0343. The van der Waals surface area contributed by atoms with Crippen LogP contribution in [0.5, 0.6) is 0 Å². The number of carbonyl (C=O) groups is 1. The minimum Gasteiger partial charge on any atom is -0.366 e. The molecule has 4 atom stereocenters. The molecule has 3 fully saturated rings. The number of hydrogen-bond acceptors (Lipinski definition) is 2. The van der Waals surface area contributed by atoms with Crippen molar-refractivity contribution in [1.29, 1.82) is 0 Å². The van der Waals surface area contributed by atoms with Crippen LogP contribution in [0.25, 0.3) is 0 Å². The molecule has 3 heteroatoms. The van der Waals surface area contributed by atoms with E-state index in [4.69, 9.17) is 5.73 Å². The maximum absolute atomic E-state index is 11.8. The van der Waals surface area contributed by atoms with Gasteiger partial charge in [0.2, 0.25) is 5.91 Å². The number of benzene rings is 1. The van der Waals surface area contributed by atoms with E-state index in [2.05, 4.69) is 24.0 Å². The number of amides is 1. The van der Waals surface area contributed by atoms with Gasteiger partial charge in [-0.25, -0.2) is 0 Å². The molecule has 3 aliphatic carbocycles. The SMILES string of the molecule is C[C@H](C1CC1)N1CC[C@@]23CCCC[C@H]2[C@H]1Cc1ccc(C(N)=O)cc13. The Kier molecular flexibility index (Phi) is 3.54. The molecule has 1 amide bonds. The highest BCUT2D eigenvalue weighted by Crippen LogP contribution is 2.56. The second kappa shape index (κ2) is 5.57. The molecule has 1 aromatic rings. The first-order valence-electron chi connectivity index (χ1n) is 10.3. The lowest BCUT2D eigenvalue weighted by Crippen LogP contribution is -2.63. The van der Waals surface area contributed by atoms with Crippen LogP contribution in [-0.4, -0.2) is 29.4 Å². The maximum Gasteiger partial charge on any atom is 0.248 e. The van der Waals surface area contributed by atoms with Gasteiger partial charge in [0.1, 0.15) is 0 Å². The highest BCUT2D eigenvalue weighted by atomic mass is 16.1. The quantitative estimate of drug-likeness (QED) is 0.914. The first kappa shape index (κ1) is 15.9. The summed E-state index contributed by atoms with van der Waals surface area (Å²) in [7, 11) is 0.